The van der Waals surface area contributed by atoms with Crippen molar-refractivity contribution in [1.29, 1.82) is 0 Å². The van der Waals surface area contributed by atoms with Crippen LogP contribution >= 0.6 is 0 Å². The second kappa shape index (κ2) is 5.27. The fourth-order valence-electron chi connectivity index (χ4n) is 2.27. The molecular formula is C13H16N2O3. The number of carbonyl (C=O) groups excluding carboxylic acids is 1. The first kappa shape index (κ1) is 12.7. The Morgan fingerprint density at radius 1 is 1.44 bits per heavy atom. The van der Waals surface area contributed by atoms with Gasteiger partial charge in [-0.15, -0.1) is 0 Å². The molecule has 1 saturated heterocycles. The smallest absolute Gasteiger partial charge is 0.269 e. The van der Waals surface area contributed by atoms with Gasteiger partial charge in [0.2, 0.25) is 0 Å². The Balaban J connectivity index is 2.02. The first-order valence-electron chi connectivity index (χ1n) is 6.09. The lowest BCUT2D eigenvalue weighted by molar-refractivity contribution is -0.384. The van der Waals surface area contributed by atoms with Gasteiger partial charge in [-0.05, 0) is 38.4 Å². The Morgan fingerprint density at radius 2 is 2.11 bits per heavy atom. The molecule has 1 unspecified atom stereocenters. The Bertz CT molecular complexity index is 456. The summed E-state index contributed by atoms with van der Waals surface area (Å²) in [6.07, 6.45) is 2.27. The summed E-state index contributed by atoms with van der Waals surface area (Å²) in [5.41, 5.74) is 0.556. The minimum absolute atomic E-state index is 0.0149. The van der Waals surface area contributed by atoms with Crippen LogP contribution in [-0.4, -0.2) is 34.7 Å². The number of likely N-dealkylation sites (tertiary alicyclic amines) is 1. The van der Waals surface area contributed by atoms with E-state index in [0.29, 0.717) is 18.2 Å². The highest BCUT2D eigenvalue weighted by Gasteiger charge is 2.22. The maximum Gasteiger partial charge on any atom is 0.269 e. The number of ketones is 1. The predicted octanol–water partition coefficient (Wildman–Crippen LogP) is 2.26. The normalized spacial score (nSPS) is 19.9. The van der Waals surface area contributed by atoms with Gasteiger partial charge in [0.05, 0.1) is 11.5 Å². The van der Waals surface area contributed by atoms with Gasteiger partial charge in [-0.3, -0.25) is 19.8 Å². The molecule has 5 heteroatoms. The predicted molar refractivity (Wildman–Crippen MR) is 67.7 cm³/mol. The number of benzene rings is 1. The van der Waals surface area contributed by atoms with Crippen molar-refractivity contribution in [3.05, 3.63) is 39.9 Å². The number of nitrogens with zero attached hydrogens (tertiary/aromatic N) is 2. The molecule has 1 aliphatic heterocycles. The molecule has 18 heavy (non-hydrogen) atoms. The monoisotopic (exact) mass is 248 g/mol. The lowest BCUT2D eigenvalue weighted by atomic mass is 10.1. The third-order valence-corrected chi connectivity index (χ3v) is 3.44. The maximum atomic E-state index is 12.0. The third kappa shape index (κ3) is 2.73. The Morgan fingerprint density at radius 3 is 2.61 bits per heavy atom. The SMILES string of the molecule is CC1CCCN1CC(=O)c1ccc([N+](=O)[O-])cc1. The molecule has 0 aliphatic carbocycles. The standard InChI is InChI=1S/C13H16N2O3/c1-10-3-2-8-14(10)9-13(16)11-4-6-12(7-5-11)15(17)18/h4-7,10H,2-3,8-9H2,1H3. The number of hydrogen-bond donors (Lipinski definition) is 0. The van der Waals surface area contributed by atoms with Crippen molar-refractivity contribution in [2.45, 2.75) is 25.8 Å². The Hall–Kier alpha value is -1.75. The van der Waals surface area contributed by atoms with E-state index in [0.717, 1.165) is 19.4 Å². The van der Waals surface area contributed by atoms with Gasteiger partial charge in [-0.25, -0.2) is 0 Å². The van der Waals surface area contributed by atoms with Crippen molar-refractivity contribution >= 4 is 11.5 Å². The van der Waals surface area contributed by atoms with E-state index < -0.39 is 4.92 Å². The molecule has 96 valence electrons. The minimum Gasteiger partial charge on any atom is -0.293 e. The van der Waals surface area contributed by atoms with E-state index in [1.807, 2.05) is 0 Å². The zero-order chi connectivity index (χ0) is 13.1. The van der Waals surface area contributed by atoms with Crippen molar-refractivity contribution in [2.24, 2.45) is 0 Å². The van der Waals surface area contributed by atoms with Crippen molar-refractivity contribution in [1.82, 2.24) is 4.90 Å². The van der Waals surface area contributed by atoms with Gasteiger partial charge in [-0.2, -0.15) is 0 Å². The van der Waals surface area contributed by atoms with Crippen LogP contribution in [0.2, 0.25) is 0 Å². The van der Waals surface area contributed by atoms with Crippen LogP contribution in [0.3, 0.4) is 0 Å². The van der Waals surface area contributed by atoms with E-state index in [4.69, 9.17) is 0 Å². The minimum atomic E-state index is -0.462. The molecule has 2 rings (SSSR count). The molecule has 0 N–H and O–H groups in total. The molecule has 0 aromatic heterocycles. The van der Waals surface area contributed by atoms with Gasteiger partial charge >= 0.3 is 0 Å². The number of nitro groups is 1. The molecule has 1 aromatic carbocycles. The Labute approximate surface area is 106 Å². The van der Waals surface area contributed by atoms with E-state index in [1.54, 1.807) is 0 Å². The average Bonchev–Trinajstić information content (AvgIpc) is 2.75. The molecule has 0 amide bonds. The topological polar surface area (TPSA) is 63.5 Å². The quantitative estimate of drug-likeness (QED) is 0.466. The number of carbonyl (C=O) groups is 1. The summed E-state index contributed by atoms with van der Waals surface area (Å²) in [6, 6.07) is 6.26. The molecule has 0 spiro atoms. The first-order chi connectivity index (χ1) is 8.58. The highest BCUT2D eigenvalue weighted by Crippen LogP contribution is 2.18. The zero-order valence-electron chi connectivity index (χ0n) is 10.3. The van der Waals surface area contributed by atoms with Gasteiger partial charge in [-0.1, -0.05) is 0 Å². The average molecular weight is 248 g/mol. The summed E-state index contributed by atoms with van der Waals surface area (Å²) in [6.45, 7) is 3.48. The molecule has 1 heterocycles. The summed E-state index contributed by atoms with van der Waals surface area (Å²) in [4.78, 5) is 24.2. The molecular weight excluding hydrogens is 232 g/mol. The second-order valence-electron chi connectivity index (χ2n) is 4.69. The zero-order valence-corrected chi connectivity index (χ0v) is 10.3. The number of non-ortho nitro benzene ring substituents is 1. The van der Waals surface area contributed by atoms with E-state index in [9.17, 15) is 14.9 Å². The van der Waals surface area contributed by atoms with Crippen molar-refractivity contribution in [3.63, 3.8) is 0 Å². The van der Waals surface area contributed by atoms with Gasteiger partial charge in [0.15, 0.2) is 5.78 Å². The molecule has 5 nitrogen and oxygen atoms in total. The van der Waals surface area contributed by atoms with Crippen LogP contribution in [0.25, 0.3) is 0 Å². The summed E-state index contributed by atoms with van der Waals surface area (Å²) in [7, 11) is 0. The summed E-state index contributed by atoms with van der Waals surface area (Å²) < 4.78 is 0. The summed E-state index contributed by atoms with van der Waals surface area (Å²) in [5, 5.41) is 10.5. The summed E-state index contributed by atoms with van der Waals surface area (Å²) >= 11 is 0. The number of Topliss-reactive ketones (excluding diaryl/α,β-unsaturated/α-hetero) is 1. The fourth-order valence-corrected chi connectivity index (χ4v) is 2.27. The van der Waals surface area contributed by atoms with Crippen LogP contribution < -0.4 is 0 Å². The maximum absolute atomic E-state index is 12.0. The van der Waals surface area contributed by atoms with Gasteiger partial charge in [0.25, 0.3) is 5.69 Å². The van der Waals surface area contributed by atoms with E-state index in [2.05, 4.69) is 11.8 Å². The summed E-state index contributed by atoms with van der Waals surface area (Å²) in [5.74, 6) is 0.0265. The van der Waals surface area contributed by atoms with Crippen molar-refractivity contribution in [2.75, 3.05) is 13.1 Å². The van der Waals surface area contributed by atoms with Crippen LogP contribution in [0, 0.1) is 10.1 Å². The number of hydrogen-bond acceptors (Lipinski definition) is 4. The number of rotatable bonds is 4. The van der Waals surface area contributed by atoms with Crippen LogP contribution in [-0.2, 0) is 0 Å². The molecule has 0 bridgehead atoms. The van der Waals surface area contributed by atoms with E-state index in [-0.39, 0.29) is 11.5 Å². The number of nitro benzene ring substituents is 1. The van der Waals surface area contributed by atoms with Crippen LogP contribution in [0.4, 0.5) is 5.69 Å². The van der Waals surface area contributed by atoms with Gasteiger partial charge in [0, 0.05) is 23.7 Å². The molecule has 1 aliphatic rings. The molecule has 1 atom stereocenters. The molecule has 1 fully saturated rings. The highest BCUT2D eigenvalue weighted by molar-refractivity contribution is 5.97. The van der Waals surface area contributed by atoms with Crippen molar-refractivity contribution < 1.29 is 9.72 Å². The largest absolute Gasteiger partial charge is 0.293 e. The van der Waals surface area contributed by atoms with Crippen LogP contribution in [0.15, 0.2) is 24.3 Å². The van der Waals surface area contributed by atoms with Crippen LogP contribution in [0.1, 0.15) is 30.1 Å². The Kier molecular flexibility index (Phi) is 3.72. The fraction of sp³-hybridized carbons (Fsp3) is 0.462. The van der Waals surface area contributed by atoms with E-state index in [1.165, 1.54) is 24.3 Å². The first-order valence-corrected chi connectivity index (χ1v) is 6.09. The van der Waals surface area contributed by atoms with E-state index >= 15 is 0 Å². The highest BCUT2D eigenvalue weighted by atomic mass is 16.6. The lowest BCUT2D eigenvalue weighted by Gasteiger charge is -2.19. The molecule has 1 aromatic rings. The molecule has 0 radical (unpaired) electrons. The molecule has 0 saturated carbocycles. The van der Waals surface area contributed by atoms with Gasteiger partial charge < -0.3 is 0 Å². The van der Waals surface area contributed by atoms with Crippen LogP contribution in [0.5, 0.6) is 0 Å². The third-order valence-electron chi connectivity index (χ3n) is 3.44. The lowest BCUT2D eigenvalue weighted by Crippen LogP contribution is -2.32. The van der Waals surface area contributed by atoms with Crippen molar-refractivity contribution in [3.8, 4) is 0 Å². The second-order valence-corrected chi connectivity index (χ2v) is 4.69. The van der Waals surface area contributed by atoms with Gasteiger partial charge in [0.1, 0.15) is 0 Å².